The minimum Gasteiger partial charge on any atom is -0.462 e. The second-order valence-corrected chi connectivity index (χ2v) is 8.98. The first-order valence-corrected chi connectivity index (χ1v) is 12.1. The molecule has 3 aromatic rings. The third-order valence-electron chi connectivity index (χ3n) is 5.31. The molecule has 8 heteroatoms. The van der Waals surface area contributed by atoms with Gasteiger partial charge in [0.05, 0.1) is 35.6 Å². The number of halogens is 1. The number of hydrogen-bond acceptors (Lipinski definition) is 7. The molecule has 1 aromatic carbocycles. The number of fused-ring (bicyclic) bond motifs is 1. The van der Waals surface area contributed by atoms with Crippen molar-refractivity contribution in [3.05, 3.63) is 62.7 Å². The maximum atomic E-state index is 12.6. The van der Waals surface area contributed by atoms with Crippen LogP contribution in [0.4, 0.5) is 5.00 Å². The summed E-state index contributed by atoms with van der Waals surface area (Å²) in [4.78, 5) is 30.5. The summed E-state index contributed by atoms with van der Waals surface area (Å²) in [6, 6.07) is 8.64. The van der Waals surface area contributed by atoms with E-state index in [0.717, 1.165) is 31.2 Å². The molecule has 1 aliphatic carbocycles. The quantitative estimate of drug-likeness (QED) is 0.276. The van der Waals surface area contributed by atoms with E-state index in [-0.39, 0.29) is 18.1 Å². The smallest absolute Gasteiger partial charge is 0.341 e. The molecule has 33 heavy (non-hydrogen) atoms. The van der Waals surface area contributed by atoms with Crippen molar-refractivity contribution in [1.29, 1.82) is 0 Å². The van der Waals surface area contributed by atoms with Gasteiger partial charge in [-0.2, -0.15) is 0 Å². The topological polar surface area (TPSA) is 78.1 Å². The number of carbonyl (C=O) groups is 2. The summed E-state index contributed by atoms with van der Waals surface area (Å²) in [5.74, 6) is 0.288. The third-order valence-corrected chi connectivity index (χ3v) is 6.84. The maximum Gasteiger partial charge on any atom is 0.341 e. The Hall–Kier alpha value is -2.90. The fraction of sp³-hybridized carbons (Fsp3) is 0.320. The molecule has 0 N–H and O–H groups in total. The van der Waals surface area contributed by atoms with Crippen molar-refractivity contribution in [2.75, 3.05) is 13.2 Å². The molecule has 172 valence electrons. The van der Waals surface area contributed by atoms with Crippen LogP contribution in [0.25, 0.3) is 11.3 Å². The minimum atomic E-state index is -0.481. The van der Waals surface area contributed by atoms with Gasteiger partial charge < -0.3 is 13.9 Å². The summed E-state index contributed by atoms with van der Waals surface area (Å²) < 4.78 is 16.3. The maximum absolute atomic E-state index is 12.6. The van der Waals surface area contributed by atoms with Crippen LogP contribution in [0.5, 0.6) is 0 Å². The highest BCUT2D eigenvalue weighted by Crippen LogP contribution is 2.40. The van der Waals surface area contributed by atoms with Crippen LogP contribution in [0.1, 0.15) is 63.6 Å². The van der Waals surface area contributed by atoms with Gasteiger partial charge in [-0.1, -0.05) is 11.6 Å². The number of rotatable bonds is 7. The lowest BCUT2D eigenvalue weighted by Crippen LogP contribution is -2.09. The summed E-state index contributed by atoms with van der Waals surface area (Å²) in [5, 5.41) is 0.966. The third kappa shape index (κ3) is 5.04. The van der Waals surface area contributed by atoms with Gasteiger partial charge in [-0.15, -0.1) is 11.3 Å². The molecule has 0 fully saturated rings. The monoisotopic (exact) mass is 485 g/mol. The number of benzene rings is 1. The van der Waals surface area contributed by atoms with Crippen LogP contribution in [0.15, 0.2) is 39.7 Å². The van der Waals surface area contributed by atoms with Crippen LogP contribution in [-0.2, 0) is 22.3 Å². The fourth-order valence-corrected chi connectivity index (χ4v) is 5.22. The number of hydrogen-bond donors (Lipinski definition) is 0. The number of nitrogens with zero attached hydrogens (tertiary/aromatic N) is 1. The van der Waals surface area contributed by atoms with Crippen LogP contribution in [0, 0.1) is 0 Å². The lowest BCUT2D eigenvalue weighted by molar-refractivity contribution is 0.0517. The number of ether oxygens (including phenoxy) is 2. The van der Waals surface area contributed by atoms with Crippen LogP contribution in [-0.4, -0.2) is 31.4 Å². The van der Waals surface area contributed by atoms with Crippen LogP contribution >= 0.6 is 22.9 Å². The summed E-state index contributed by atoms with van der Waals surface area (Å²) in [6.45, 7) is 4.13. The van der Waals surface area contributed by atoms with Crippen molar-refractivity contribution in [1.82, 2.24) is 0 Å². The lowest BCUT2D eigenvalue weighted by atomic mass is 9.95. The van der Waals surface area contributed by atoms with Gasteiger partial charge in [-0.3, -0.25) is 0 Å². The number of aryl methyl sites for hydroxylation is 1. The van der Waals surface area contributed by atoms with Crippen LogP contribution in [0.3, 0.4) is 0 Å². The van der Waals surface area contributed by atoms with Crippen molar-refractivity contribution in [3.63, 3.8) is 0 Å². The van der Waals surface area contributed by atoms with Gasteiger partial charge >= 0.3 is 11.9 Å². The molecular weight excluding hydrogens is 462 g/mol. The predicted molar refractivity (Wildman–Crippen MR) is 129 cm³/mol. The zero-order valence-corrected chi connectivity index (χ0v) is 20.1. The molecule has 1 aliphatic rings. The Morgan fingerprint density at radius 2 is 1.85 bits per heavy atom. The number of carbonyl (C=O) groups excluding carboxylic acids is 2. The van der Waals surface area contributed by atoms with Gasteiger partial charge in [-0.25, -0.2) is 14.6 Å². The fourth-order valence-electron chi connectivity index (χ4n) is 3.80. The molecular formula is C25H24ClNO5S. The van der Waals surface area contributed by atoms with Crippen molar-refractivity contribution < 1.29 is 23.5 Å². The van der Waals surface area contributed by atoms with Crippen molar-refractivity contribution in [2.24, 2.45) is 4.99 Å². The number of thiophene rings is 1. The first-order chi connectivity index (χ1) is 16.0. The van der Waals surface area contributed by atoms with Crippen molar-refractivity contribution in [3.8, 4) is 11.3 Å². The normalized spacial score (nSPS) is 13.2. The van der Waals surface area contributed by atoms with E-state index in [2.05, 4.69) is 4.99 Å². The van der Waals surface area contributed by atoms with Gasteiger partial charge in [-0.05, 0) is 75.4 Å². The Labute approximate surface area is 201 Å². The molecule has 0 bridgehead atoms. The molecule has 6 nitrogen and oxygen atoms in total. The van der Waals surface area contributed by atoms with Crippen molar-refractivity contribution >= 4 is 46.1 Å². The van der Waals surface area contributed by atoms with E-state index < -0.39 is 5.97 Å². The highest BCUT2D eigenvalue weighted by atomic mass is 35.5. The molecule has 0 saturated heterocycles. The first-order valence-electron chi connectivity index (χ1n) is 10.9. The second-order valence-electron chi connectivity index (χ2n) is 7.49. The molecule has 0 atom stereocenters. The Morgan fingerprint density at radius 1 is 1.09 bits per heavy atom. The zero-order valence-electron chi connectivity index (χ0n) is 18.5. The summed E-state index contributed by atoms with van der Waals surface area (Å²) >= 11 is 7.70. The van der Waals surface area contributed by atoms with Gasteiger partial charge in [0.15, 0.2) is 0 Å². The van der Waals surface area contributed by atoms with Crippen molar-refractivity contribution in [2.45, 2.75) is 39.5 Å². The standard InChI is InChI=1S/C25H24ClNO5S/c1-3-30-24(28)18-13-15(9-11-19(18)26)20-12-10-16(32-20)14-27-23-22(25(29)31-4-2)17-7-5-6-8-21(17)33-23/h9-14H,3-8H2,1-2H3. The van der Waals surface area contributed by atoms with E-state index in [1.54, 1.807) is 61.7 Å². The average molecular weight is 486 g/mol. The number of aliphatic imine (C=N–C) groups is 1. The molecule has 0 saturated carbocycles. The van der Waals surface area contributed by atoms with E-state index in [1.165, 1.54) is 4.88 Å². The Kier molecular flexibility index (Phi) is 7.30. The zero-order chi connectivity index (χ0) is 23.4. The molecule has 4 rings (SSSR count). The largest absolute Gasteiger partial charge is 0.462 e. The highest BCUT2D eigenvalue weighted by molar-refractivity contribution is 7.16. The molecule has 0 amide bonds. The van der Waals surface area contributed by atoms with E-state index in [4.69, 9.17) is 25.5 Å². The summed E-state index contributed by atoms with van der Waals surface area (Å²) in [7, 11) is 0. The van der Waals surface area contributed by atoms with Gasteiger partial charge in [0.25, 0.3) is 0 Å². The van der Waals surface area contributed by atoms with E-state index in [9.17, 15) is 9.59 Å². The van der Waals surface area contributed by atoms with Gasteiger partial charge in [0, 0.05) is 10.4 Å². The molecule has 2 aromatic heterocycles. The molecule has 0 unspecified atom stereocenters. The number of furan rings is 1. The Morgan fingerprint density at radius 3 is 2.64 bits per heavy atom. The van der Waals surface area contributed by atoms with E-state index >= 15 is 0 Å². The lowest BCUT2D eigenvalue weighted by Gasteiger charge is -2.11. The molecule has 0 radical (unpaired) electrons. The van der Waals surface area contributed by atoms with Crippen LogP contribution in [0.2, 0.25) is 5.02 Å². The molecule has 2 heterocycles. The molecule has 0 spiro atoms. The highest BCUT2D eigenvalue weighted by Gasteiger charge is 2.26. The van der Waals surface area contributed by atoms with E-state index in [1.807, 2.05) is 0 Å². The number of esters is 2. The SMILES string of the molecule is CCOC(=O)c1cc(-c2ccc(C=Nc3sc4c(c3C(=O)OCC)CCCC4)o2)ccc1Cl. The minimum absolute atomic E-state index is 0.265. The predicted octanol–water partition coefficient (Wildman–Crippen LogP) is 6.64. The summed E-state index contributed by atoms with van der Waals surface area (Å²) in [6.07, 6.45) is 5.63. The Bertz CT molecular complexity index is 1210. The van der Waals surface area contributed by atoms with Gasteiger partial charge in [0.1, 0.15) is 16.5 Å². The second kappa shape index (κ2) is 10.4. The van der Waals surface area contributed by atoms with E-state index in [0.29, 0.717) is 39.3 Å². The van der Waals surface area contributed by atoms with Crippen LogP contribution < -0.4 is 0 Å². The molecule has 0 aliphatic heterocycles. The van der Waals surface area contributed by atoms with Gasteiger partial charge in [0.2, 0.25) is 0 Å². The average Bonchev–Trinajstić information content (AvgIpc) is 3.43. The Balaban J connectivity index is 1.61. The summed E-state index contributed by atoms with van der Waals surface area (Å²) in [5.41, 5.74) is 2.63. The first kappa shape index (κ1) is 23.3.